The second-order valence-electron chi connectivity index (χ2n) is 5.18. The summed E-state index contributed by atoms with van der Waals surface area (Å²) in [6, 6.07) is 7.94. The van der Waals surface area contributed by atoms with E-state index < -0.39 is 0 Å². The molecule has 17 heavy (non-hydrogen) atoms. The fourth-order valence-electron chi connectivity index (χ4n) is 1.79. The number of rotatable bonds is 2. The molecule has 0 bridgehead atoms. The predicted molar refractivity (Wildman–Crippen MR) is 73.9 cm³/mol. The smallest absolute Gasteiger partial charge is 0.112 e. The van der Waals surface area contributed by atoms with Crippen LogP contribution >= 0.6 is 24.0 Å². The quantitative estimate of drug-likeness (QED) is 0.895. The molecule has 1 atom stereocenters. The van der Waals surface area contributed by atoms with E-state index in [2.05, 4.69) is 19.2 Å². The monoisotopic (exact) mass is 275 g/mol. The summed E-state index contributed by atoms with van der Waals surface area (Å²) in [6.45, 7) is 6.24. The van der Waals surface area contributed by atoms with Gasteiger partial charge in [-0.3, -0.25) is 5.32 Å². The molecule has 4 heteroatoms. The lowest BCUT2D eigenvalue weighted by atomic mass is 9.93. The molecule has 0 aliphatic carbocycles. The van der Waals surface area contributed by atoms with Crippen molar-refractivity contribution in [1.82, 2.24) is 5.32 Å². The average molecular weight is 276 g/mol. The molecule has 96 valence electrons. The van der Waals surface area contributed by atoms with E-state index >= 15 is 0 Å². The van der Waals surface area contributed by atoms with Gasteiger partial charge < -0.3 is 4.74 Å². The summed E-state index contributed by atoms with van der Waals surface area (Å²) >= 11 is 5.84. The summed E-state index contributed by atoms with van der Waals surface area (Å²) in [6.07, 6.45) is 1.03. The molecule has 1 heterocycles. The van der Waals surface area contributed by atoms with Crippen molar-refractivity contribution in [3.05, 3.63) is 34.9 Å². The van der Waals surface area contributed by atoms with Crippen LogP contribution in [0, 0.1) is 5.41 Å². The van der Waals surface area contributed by atoms with Crippen molar-refractivity contribution in [1.29, 1.82) is 0 Å². The SMILES string of the molecule is CC1(C)CNC(Cc2ccc(Cl)cc2)OC1.Cl. The highest BCUT2D eigenvalue weighted by Gasteiger charge is 2.26. The van der Waals surface area contributed by atoms with Crippen LogP contribution in [0.1, 0.15) is 19.4 Å². The van der Waals surface area contributed by atoms with Crippen LogP contribution in [0.5, 0.6) is 0 Å². The number of halogens is 2. The Hall–Kier alpha value is -0.280. The minimum absolute atomic E-state index is 0. The van der Waals surface area contributed by atoms with Gasteiger partial charge in [0.25, 0.3) is 0 Å². The molecule has 0 saturated carbocycles. The number of hydrogen-bond acceptors (Lipinski definition) is 2. The molecule has 0 amide bonds. The molecule has 1 aromatic rings. The molecule has 0 radical (unpaired) electrons. The van der Waals surface area contributed by atoms with E-state index in [4.69, 9.17) is 16.3 Å². The van der Waals surface area contributed by atoms with Crippen molar-refractivity contribution in [3.8, 4) is 0 Å². The first-order valence-electron chi connectivity index (χ1n) is 5.65. The van der Waals surface area contributed by atoms with E-state index in [9.17, 15) is 0 Å². The molecule has 0 spiro atoms. The normalized spacial score (nSPS) is 22.9. The van der Waals surface area contributed by atoms with Crippen molar-refractivity contribution in [2.24, 2.45) is 5.41 Å². The summed E-state index contributed by atoms with van der Waals surface area (Å²) in [4.78, 5) is 0. The van der Waals surface area contributed by atoms with Crippen LogP contribution in [0.3, 0.4) is 0 Å². The first-order valence-corrected chi connectivity index (χ1v) is 6.02. The lowest BCUT2D eigenvalue weighted by molar-refractivity contribution is -0.0566. The molecule has 2 nitrogen and oxygen atoms in total. The van der Waals surface area contributed by atoms with Crippen LogP contribution in [0.2, 0.25) is 5.02 Å². The zero-order valence-corrected chi connectivity index (χ0v) is 11.8. The van der Waals surface area contributed by atoms with Gasteiger partial charge in [-0.1, -0.05) is 37.6 Å². The van der Waals surface area contributed by atoms with Gasteiger partial charge in [0.1, 0.15) is 6.23 Å². The van der Waals surface area contributed by atoms with E-state index in [0.29, 0.717) is 0 Å². The number of ether oxygens (including phenoxy) is 1. The minimum atomic E-state index is 0. The molecule has 1 unspecified atom stereocenters. The Morgan fingerprint density at radius 1 is 1.35 bits per heavy atom. The largest absolute Gasteiger partial charge is 0.362 e. The lowest BCUT2D eigenvalue weighted by Gasteiger charge is -2.35. The third-order valence-electron chi connectivity index (χ3n) is 2.82. The second-order valence-corrected chi connectivity index (χ2v) is 5.61. The summed E-state index contributed by atoms with van der Waals surface area (Å²) in [5.74, 6) is 0. The summed E-state index contributed by atoms with van der Waals surface area (Å²) in [5.41, 5.74) is 1.50. The van der Waals surface area contributed by atoms with Gasteiger partial charge in [0.15, 0.2) is 0 Å². The maximum atomic E-state index is 5.84. The van der Waals surface area contributed by atoms with Gasteiger partial charge in [-0.05, 0) is 17.7 Å². The Morgan fingerprint density at radius 3 is 2.53 bits per heavy atom. The van der Waals surface area contributed by atoms with Crippen molar-refractivity contribution >= 4 is 24.0 Å². The topological polar surface area (TPSA) is 21.3 Å². The fourth-order valence-corrected chi connectivity index (χ4v) is 1.92. The number of benzene rings is 1. The van der Waals surface area contributed by atoms with E-state index in [1.165, 1.54) is 5.56 Å². The molecule has 1 saturated heterocycles. The van der Waals surface area contributed by atoms with Crippen LogP contribution in [-0.4, -0.2) is 19.4 Å². The van der Waals surface area contributed by atoms with E-state index in [-0.39, 0.29) is 24.0 Å². The van der Waals surface area contributed by atoms with Crippen LogP contribution < -0.4 is 5.32 Å². The van der Waals surface area contributed by atoms with Crippen molar-refractivity contribution < 1.29 is 4.74 Å². The fraction of sp³-hybridized carbons (Fsp3) is 0.538. The van der Waals surface area contributed by atoms with Crippen LogP contribution in [0.4, 0.5) is 0 Å². The lowest BCUT2D eigenvalue weighted by Crippen LogP contribution is -2.48. The molecule has 2 rings (SSSR count). The molecule has 1 fully saturated rings. The molecule has 1 aromatic carbocycles. The Balaban J connectivity index is 0.00000144. The molecular weight excluding hydrogens is 257 g/mol. The Labute approximate surface area is 114 Å². The van der Waals surface area contributed by atoms with Gasteiger partial charge in [0.2, 0.25) is 0 Å². The highest BCUT2D eigenvalue weighted by atomic mass is 35.5. The number of hydrogen-bond donors (Lipinski definition) is 1. The second kappa shape index (κ2) is 6.05. The Kier molecular flexibility index (Phi) is 5.26. The summed E-state index contributed by atoms with van der Waals surface area (Å²) in [5, 5.41) is 4.20. The van der Waals surface area contributed by atoms with E-state index in [1.807, 2.05) is 24.3 Å². The maximum Gasteiger partial charge on any atom is 0.112 e. The van der Waals surface area contributed by atoms with Gasteiger partial charge in [-0.15, -0.1) is 12.4 Å². The zero-order chi connectivity index (χ0) is 11.6. The molecule has 1 aliphatic heterocycles. The standard InChI is InChI=1S/C13H18ClNO.ClH/c1-13(2)8-15-12(16-9-13)7-10-3-5-11(14)6-4-10;/h3-6,12,15H,7-9H2,1-2H3;1H. The van der Waals surface area contributed by atoms with Gasteiger partial charge in [-0.25, -0.2) is 0 Å². The Bertz CT molecular complexity index is 341. The van der Waals surface area contributed by atoms with Crippen LogP contribution in [-0.2, 0) is 11.2 Å². The van der Waals surface area contributed by atoms with Crippen LogP contribution in [0.25, 0.3) is 0 Å². The highest BCUT2D eigenvalue weighted by Crippen LogP contribution is 2.20. The van der Waals surface area contributed by atoms with Gasteiger partial charge >= 0.3 is 0 Å². The van der Waals surface area contributed by atoms with E-state index in [0.717, 1.165) is 24.6 Å². The third-order valence-corrected chi connectivity index (χ3v) is 3.07. The van der Waals surface area contributed by atoms with Crippen molar-refractivity contribution in [2.45, 2.75) is 26.5 Å². The summed E-state index contributed by atoms with van der Waals surface area (Å²) < 4.78 is 5.78. The van der Waals surface area contributed by atoms with Gasteiger partial charge in [-0.2, -0.15) is 0 Å². The predicted octanol–water partition coefficient (Wildman–Crippen LogP) is 3.28. The molecule has 0 aromatic heterocycles. The third kappa shape index (κ3) is 4.47. The van der Waals surface area contributed by atoms with Crippen LogP contribution in [0.15, 0.2) is 24.3 Å². The first-order chi connectivity index (χ1) is 7.55. The van der Waals surface area contributed by atoms with E-state index in [1.54, 1.807) is 0 Å². The summed E-state index contributed by atoms with van der Waals surface area (Å²) in [7, 11) is 0. The maximum absolute atomic E-state index is 5.84. The first kappa shape index (κ1) is 14.8. The Morgan fingerprint density at radius 2 is 2.00 bits per heavy atom. The molecule has 1 aliphatic rings. The average Bonchev–Trinajstić information content (AvgIpc) is 2.24. The van der Waals surface area contributed by atoms with Gasteiger partial charge in [0, 0.05) is 23.4 Å². The minimum Gasteiger partial charge on any atom is -0.362 e. The van der Waals surface area contributed by atoms with Crippen molar-refractivity contribution in [2.75, 3.05) is 13.2 Å². The van der Waals surface area contributed by atoms with Gasteiger partial charge in [0.05, 0.1) is 6.61 Å². The molecular formula is C13H19Cl2NO. The molecule has 1 N–H and O–H groups in total. The van der Waals surface area contributed by atoms with Crippen molar-refractivity contribution in [3.63, 3.8) is 0 Å². The highest BCUT2D eigenvalue weighted by molar-refractivity contribution is 6.30. The zero-order valence-electron chi connectivity index (χ0n) is 10.2. The number of nitrogens with one attached hydrogen (secondary N) is 1.